The van der Waals surface area contributed by atoms with Crippen molar-refractivity contribution in [1.29, 1.82) is 0 Å². The van der Waals surface area contributed by atoms with Crippen LogP contribution in [0.15, 0.2) is 165 Å². The van der Waals surface area contributed by atoms with Crippen molar-refractivity contribution in [1.82, 2.24) is 24.9 Å². The molecule has 0 amide bonds. The third kappa shape index (κ3) is 4.73. The van der Waals surface area contributed by atoms with Gasteiger partial charge in [0.15, 0.2) is 17.5 Å². The van der Waals surface area contributed by atoms with Crippen LogP contribution in [0, 0.1) is 0 Å². The van der Waals surface area contributed by atoms with Crippen molar-refractivity contribution in [3.05, 3.63) is 152 Å². The molecular formula is C46H25N6O3+. The lowest BCUT2D eigenvalue weighted by atomic mass is 10.1. The summed E-state index contributed by atoms with van der Waals surface area (Å²) >= 11 is 0. The second-order valence-corrected chi connectivity index (χ2v) is 13.6. The lowest BCUT2D eigenvalue weighted by molar-refractivity contribution is -0.518. The number of hydrogen-bond donors (Lipinski definition) is 0. The Hall–Kier alpha value is -7.78. The van der Waals surface area contributed by atoms with Gasteiger partial charge in [0.2, 0.25) is 6.33 Å². The molecule has 55 heavy (non-hydrogen) atoms. The quantitative estimate of drug-likeness (QED) is 0.166. The molecule has 0 bridgehead atoms. The Labute approximate surface area is 310 Å². The van der Waals surface area contributed by atoms with Gasteiger partial charge in [0.1, 0.15) is 33.5 Å². The number of benzene rings is 6. The first-order valence-electron chi connectivity index (χ1n) is 17.9. The number of aromatic nitrogens is 6. The summed E-state index contributed by atoms with van der Waals surface area (Å²) in [6, 6.07) is 46.3. The van der Waals surface area contributed by atoms with Crippen LogP contribution in [-0.4, -0.2) is 24.9 Å². The molecule has 12 rings (SSSR count). The Morgan fingerprint density at radius 2 is 0.745 bits per heavy atom. The third-order valence-corrected chi connectivity index (χ3v) is 10.3. The van der Waals surface area contributed by atoms with Crippen molar-refractivity contribution in [2.24, 2.45) is 0 Å². The van der Waals surface area contributed by atoms with Crippen molar-refractivity contribution < 1.29 is 17.7 Å². The predicted octanol–water partition coefficient (Wildman–Crippen LogP) is 10.8. The van der Waals surface area contributed by atoms with Crippen molar-refractivity contribution in [3.8, 4) is 45.6 Å². The van der Waals surface area contributed by atoms with Crippen LogP contribution < -0.4 is 4.40 Å². The molecule has 0 fully saturated rings. The van der Waals surface area contributed by atoms with Crippen molar-refractivity contribution in [2.45, 2.75) is 0 Å². The monoisotopic (exact) mass is 709 g/mol. The maximum absolute atomic E-state index is 6.49. The maximum Gasteiger partial charge on any atom is 0.308 e. The van der Waals surface area contributed by atoms with E-state index in [0.29, 0.717) is 23.3 Å². The summed E-state index contributed by atoms with van der Waals surface area (Å²) in [6.45, 7) is 0. The van der Waals surface area contributed by atoms with E-state index in [4.69, 9.17) is 33.2 Å². The molecule has 6 heterocycles. The minimum absolute atomic E-state index is 0.513. The maximum atomic E-state index is 6.49. The number of fused-ring (bicyclic) bond motifs is 10. The highest BCUT2D eigenvalue weighted by molar-refractivity contribution is 6.08. The number of pyridine rings is 1. The van der Waals surface area contributed by atoms with E-state index in [1.165, 1.54) is 0 Å². The lowest BCUT2D eigenvalue weighted by Crippen LogP contribution is -2.22. The molecule has 6 aromatic carbocycles. The van der Waals surface area contributed by atoms with Crippen LogP contribution in [0.5, 0.6) is 0 Å². The van der Waals surface area contributed by atoms with E-state index in [9.17, 15) is 0 Å². The molecule has 0 spiro atoms. The zero-order chi connectivity index (χ0) is 36.0. The molecule has 0 aliphatic heterocycles. The number of furan rings is 3. The van der Waals surface area contributed by atoms with E-state index >= 15 is 0 Å². The fourth-order valence-corrected chi connectivity index (χ4v) is 7.58. The van der Waals surface area contributed by atoms with E-state index in [1.54, 1.807) is 6.33 Å². The summed E-state index contributed by atoms with van der Waals surface area (Å²) in [4.78, 5) is 24.5. The Morgan fingerprint density at radius 1 is 0.345 bits per heavy atom. The zero-order valence-electron chi connectivity index (χ0n) is 28.8. The highest BCUT2D eigenvalue weighted by atomic mass is 16.3. The molecule has 12 aromatic rings. The topological polar surface area (TPSA) is 108 Å². The fourth-order valence-electron chi connectivity index (χ4n) is 7.58. The molecule has 0 radical (unpaired) electrons. The first-order valence-corrected chi connectivity index (χ1v) is 17.9. The molecular weight excluding hydrogens is 685 g/mol. The molecule has 0 N–H and O–H groups in total. The van der Waals surface area contributed by atoms with Gasteiger partial charge >= 0.3 is 5.82 Å². The summed E-state index contributed by atoms with van der Waals surface area (Å²) in [5, 5.41) is 6.18. The van der Waals surface area contributed by atoms with Crippen LogP contribution in [0.1, 0.15) is 0 Å². The summed E-state index contributed by atoms with van der Waals surface area (Å²) < 4.78 is 20.9. The van der Waals surface area contributed by atoms with Crippen LogP contribution in [0.3, 0.4) is 0 Å². The van der Waals surface area contributed by atoms with Gasteiger partial charge < -0.3 is 13.3 Å². The molecule has 9 heteroatoms. The number of nitrogens with zero attached hydrogens (tertiary/aromatic N) is 6. The number of hydrogen-bond acceptors (Lipinski definition) is 8. The molecule has 0 saturated carbocycles. The van der Waals surface area contributed by atoms with Gasteiger partial charge in [-0.2, -0.15) is 0 Å². The standard InChI is InChI=1S/C46H25N6O3/c1-3-9-36-30(7-1)32-17-13-27(22-38(32)53-36)44-49-45(28-14-18-33-31-8-2-4-10-37(31)54-39(33)23-28)51-46(50-44)29-15-19-35-34-16-12-26(21-40(34)55-41(35)24-29)43-47-25-52-20-6-5-11-42(52)48-43/h1-25H/q+1. The lowest BCUT2D eigenvalue weighted by Gasteiger charge is -2.08. The molecule has 0 aliphatic rings. The van der Waals surface area contributed by atoms with Crippen LogP contribution in [0.2, 0.25) is 0 Å². The molecule has 256 valence electrons. The van der Waals surface area contributed by atoms with Gasteiger partial charge in [-0.15, -0.1) is 0 Å². The van der Waals surface area contributed by atoms with Crippen LogP contribution in [0.25, 0.3) is 117 Å². The molecule has 9 nitrogen and oxygen atoms in total. The zero-order valence-corrected chi connectivity index (χ0v) is 28.8. The smallest absolute Gasteiger partial charge is 0.308 e. The fraction of sp³-hybridized carbons (Fsp3) is 0. The van der Waals surface area contributed by atoms with E-state index in [2.05, 4.69) is 41.4 Å². The Balaban J connectivity index is 1.00. The number of rotatable bonds is 4. The van der Waals surface area contributed by atoms with Gasteiger partial charge in [-0.3, -0.25) is 0 Å². The van der Waals surface area contributed by atoms with Gasteiger partial charge in [-0.25, -0.2) is 19.4 Å². The van der Waals surface area contributed by atoms with Gasteiger partial charge in [0, 0.05) is 55.1 Å². The SMILES string of the molecule is c1ccc2c(c1)oc1cc(-c3nc(-c4ccc5c(c4)oc4ccccc45)nc(-c4ccc5c(c4)oc4cc(-c6nc[n+]7ccccc7n6)ccc45)n3)ccc12. The van der Waals surface area contributed by atoms with E-state index in [-0.39, 0.29) is 0 Å². The van der Waals surface area contributed by atoms with Crippen molar-refractivity contribution >= 4 is 71.5 Å². The highest BCUT2D eigenvalue weighted by Gasteiger charge is 2.19. The average Bonchev–Trinajstić information content (AvgIpc) is 3.93. The van der Waals surface area contributed by atoms with Gasteiger partial charge in [-0.05, 0) is 72.8 Å². The van der Waals surface area contributed by atoms with Crippen molar-refractivity contribution in [2.75, 3.05) is 0 Å². The first-order chi connectivity index (χ1) is 27.2. The number of para-hydroxylation sites is 2. The van der Waals surface area contributed by atoms with Crippen LogP contribution >= 0.6 is 0 Å². The molecule has 0 unspecified atom stereocenters. The molecule has 0 saturated heterocycles. The minimum Gasteiger partial charge on any atom is -0.456 e. The molecule has 6 aromatic heterocycles. The average molecular weight is 710 g/mol. The predicted molar refractivity (Wildman–Crippen MR) is 212 cm³/mol. The van der Waals surface area contributed by atoms with Crippen LogP contribution in [-0.2, 0) is 0 Å². The molecule has 0 aliphatic carbocycles. The summed E-state index contributed by atoms with van der Waals surface area (Å²) in [5.41, 5.74) is 8.76. The van der Waals surface area contributed by atoms with Crippen LogP contribution in [0.4, 0.5) is 0 Å². The highest BCUT2D eigenvalue weighted by Crippen LogP contribution is 2.37. The second kappa shape index (κ2) is 11.4. The van der Waals surface area contributed by atoms with Gasteiger partial charge in [0.05, 0.1) is 11.8 Å². The Bertz CT molecular complexity index is 3400. The second-order valence-electron chi connectivity index (χ2n) is 13.6. The Morgan fingerprint density at radius 3 is 1.24 bits per heavy atom. The largest absolute Gasteiger partial charge is 0.456 e. The first kappa shape index (κ1) is 29.8. The van der Waals surface area contributed by atoms with E-state index < -0.39 is 0 Å². The summed E-state index contributed by atoms with van der Waals surface area (Å²) in [7, 11) is 0. The van der Waals surface area contributed by atoms with Gasteiger partial charge in [-0.1, -0.05) is 70.6 Å². The van der Waals surface area contributed by atoms with Crippen molar-refractivity contribution in [3.63, 3.8) is 0 Å². The van der Waals surface area contributed by atoms with Gasteiger partial charge in [0.25, 0.3) is 5.65 Å². The third-order valence-electron chi connectivity index (χ3n) is 10.3. The van der Waals surface area contributed by atoms with E-state index in [0.717, 1.165) is 93.7 Å². The molecule has 0 atom stereocenters. The summed E-state index contributed by atoms with van der Waals surface area (Å²) in [5.74, 6) is 2.19. The van der Waals surface area contributed by atoms with E-state index in [1.807, 2.05) is 114 Å². The normalized spacial score (nSPS) is 12.0. The minimum atomic E-state index is 0.513. The summed E-state index contributed by atoms with van der Waals surface area (Å²) in [6.07, 6.45) is 3.70. The Kier molecular flexibility index (Phi) is 6.15.